The van der Waals surface area contributed by atoms with Crippen LogP contribution in [-0.2, 0) is 0 Å². The van der Waals surface area contributed by atoms with Crippen LogP contribution in [0.4, 0.5) is 11.4 Å². The highest BCUT2D eigenvalue weighted by atomic mass is 32.1. The molecule has 0 saturated carbocycles. The third kappa shape index (κ3) is 5.27. The maximum absolute atomic E-state index is 13.4. The zero-order valence-electron chi connectivity index (χ0n) is 22.7. The molecule has 0 bridgehead atoms. The van der Waals surface area contributed by atoms with Gasteiger partial charge in [-0.25, -0.2) is 9.59 Å². The summed E-state index contributed by atoms with van der Waals surface area (Å²) < 4.78 is 16.3. The van der Waals surface area contributed by atoms with Gasteiger partial charge in [-0.1, -0.05) is 42.5 Å². The van der Waals surface area contributed by atoms with Gasteiger partial charge in [0.2, 0.25) is 0 Å². The van der Waals surface area contributed by atoms with Crippen molar-refractivity contribution in [1.29, 1.82) is 0 Å². The van der Waals surface area contributed by atoms with E-state index in [0.29, 0.717) is 22.1 Å². The molecule has 0 unspecified atom stereocenters. The van der Waals surface area contributed by atoms with Crippen molar-refractivity contribution in [1.82, 2.24) is 0 Å². The fraction of sp³-hybridized carbons (Fsp3) is 0.0606. The van der Waals surface area contributed by atoms with Crippen molar-refractivity contribution >= 4 is 50.6 Å². The largest absolute Gasteiger partial charge is 0.507 e. The van der Waals surface area contributed by atoms with Gasteiger partial charge in [0.05, 0.1) is 34.9 Å². The van der Waals surface area contributed by atoms with E-state index in [0.717, 1.165) is 5.69 Å². The van der Waals surface area contributed by atoms with Gasteiger partial charge in [-0.2, -0.15) is 0 Å². The molecule has 0 saturated heterocycles. The number of methoxy groups -OCH3 is 1. The molecule has 0 fully saturated rings. The lowest BCUT2D eigenvalue weighted by molar-refractivity contribution is 0.415. The van der Waals surface area contributed by atoms with E-state index in [1.54, 1.807) is 86.0 Å². The lowest BCUT2D eigenvalue weighted by atomic mass is 9.84. The van der Waals surface area contributed by atoms with Crippen LogP contribution in [0, 0.1) is 0 Å². The summed E-state index contributed by atoms with van der Waals surface area (Å²) in [6.45, 7) is 0. The number of fused-ring (bicyclic) bond motifs is 2. The Morgan fingerprint density at radius 3 is 1.81 bits per heavy atom. The van der Waals surface area contributed by atoms with Crippen molar-refractivity contribution in [2.24, 2.45) is 0 Å². The zero-order valence-corrected chi connectivity index (χ0v) is 23.5. The monoisotopic (exact) mass is 592 g/mol. The summed E-state index contributed by atoms with van der Waals surface area (Å²) in [5.74, 6) is -1.30. The molecular weight excluding hydrogens is 568 g/mol. The number of nitrogens with one attached hydrogen (secondary N) is 2. The van der Waals surface area contributed by atoms with Crippen LogP contribution in [0.1, 0.15) is 22.6 Å². The first kappa shape index (κ1) is 27.6. The Morgan fingerprint density at radius 2 is 1.26 bits per heavy atom. The molecule has 0 aliphatic carbocycles. The minimum Gasteiger partial charge on any atom is -0.507 e. The van der Waals surface area contributed by atoms with Gasteiger partial charge in [-0.3, -0.25) is 0 Å². The molecule has 10 heteroatoms. The van der Waals surface area contributed by atoms with E-state index in [1.807, 2.05) is 18.2 Å². The number of thiocarbonyl (C=S) groups is 1. The van der Waals surface area contributed by atoms with Crippen LogP contribution in [0.5, 0.6) is 17.2 Å². The Labute approximate surface area is 249 Å². The molecule has 2 aromatic heterocycles. The van der Waals surface area contributed by atoms with Gasteiger partial charge in [0.1, 0.15) is 28.4 Å². The average molecular weight is 593 g/mol. The lowest BCUT2D eigenvalue weighted by Gasteiger charge is -2.20. The summed E-state index contributed by atoms with van der Waals surface area (Å²) >= 11 is 5.46. The fourth-order valence-electron chi connectivity index (χ4n) is 5.04. The quantitative estimate of drug-likeness (QED) is 0.129. The molecule has 9 nitrogen and oxygen atoms in total. The average Bonchev–Trinajstić information content (AvgIpc) is 3.00. The number of ether oxygens (including phenoxy) is 1. The lowest BCUT2D eigenvalue weighted by Crippen LogP contribution is -2.21. The normalized spacial score (nSPS) is 11.1. The molecule has 0 aliphatic rings. The Morgan fingerprint density at radius 1 is 0.721 bits per heavy atom. The summed E-state index contributed by atoms with van der Waals surface area (Å²) in [5.41, 5.74) is -0.0539. The number of benzene rings is 4. The number of hydrogen-bond acceptors (Lipinski definition) is 8. The molecule has 0 aliphatic heterocycles. The summed E-state index contributed by atoms with van der Waals surface area (Å²) in [4.78, 5) is 26.7. The molecule has 2 heterocycles. The predicted octanol–water partition coefficient (Wildman–Crippen LogP) is 6.31. The molecule has 4 aromatic carbocycles. The summed E-state index contributed by atoms with van der Waals surface area (Å²) in [5, 5.41) is 29.7. The van der Waals surface area contributed by atoms with E-state index in [2.05, 4.69) is 10.6 Å². The second-order valence-corrected chi connectivity index (χ2v) is 10.1. The third-order valence-corrected chi connectivity index (χ3v) is 7.25. The van der Waals surface area contributed by atoms with Crippen LogP contribution < -0.4 is 26.6 Å². The first-order chi connectivity index (χ1) is 20.8. The molecular formula is C33H24N2O7S. The van der Waals surface area contributed by atoms with E-state index in [9.17, 15) is 19.8 Å². The highest BCUT2D eigenvalue weighted by molar-refractivity contribution is 7.80. The summed E-state index contributed by atoms with van der Waals surface area (Å²) in [6.07, 6.45) is 0. The highest BCUT2D eigenvalue weighted by Crippen LogP contribution is 2.42. The van der Waals surface area contributed by atoms with E-state index in [1.165, 1.54) is 0 Å². The van der Waals surface area contributed by atoms with Crippen molar-refractivity contribution in [2.75, 3.05) is 17.7 Å². The minimum absolute atomic E-state index is 0.180. The predicted molar refractivity (Wildman–Crippen MR) is 169 cm³/mol. The molecule has 214 valence electrons. The van der Waals surface area contributed by atoms with Gasteiger partial charge in [0, 0.05) is 17.4 Å². The first-order valence-electron chi connectivity index (χ1n) is 13.2. The molecule has 0 amide bonds. The standard InChI is InChI=1S/C33H24N2O7S/c1-40-21-8-6-7-20(17-21)35-33(43)34-19-15-13-18(14-16-19)26(27-29(36)22-9-2-4-11-24(22)41-31(27)38)28-30(37)23-10-3-5-12-25(23)42-32(28)39/h2-17,26,36-37H,1H3,(H2,34,35,43). The molecule has 4 N–H and O–H groups in total. The topological polar surface area (TPSA) is 134 Å². The smallest absolute Gasteiger partial charge is 0.344 e. The van der Waals surface area contributed by atoms with E-state index >= 15 is 0 Å². The molecule has 0 radical (unpaired) electrons. The highest BCUT2D eigenvalue weighted by Gasteiger charge is 2.32. The van der Waals surface area contributed by atoms with Crippen LogP contribution in [0.25, 0.3) is 21.9 Å². The zero-order chi connectivity index (χ0) is 30.1. The van der Waals surface area contributed by atoms with Crippen LogP contribution in [0.3, 0.4) is 0 Å². The van der Waals surface area contributed by atoms with Crippen LogP contribution in [0.15, 0.2) is 115 Å². The number of anilines is 2. The Hall–Kier alpha value is -5.61. The summed E-state index contributed by atoms with van der Waals surface area (Å²) in [6, 6.07) is 27.0. The second kappa shape index (κ2) is 11.3. The maximum Gasteiger partial charge on any atom is 0.344 e. The van der Waals surface area contributed by atoms with E-state index < -0.39 is 17.2 Å². The Balaban J connectivity index is 1.44. The molecule has 6 aromatic rings. The fourth-order valence-corrected chi connectivity index (χ4v) is 5.27. The van der Waals surface area contributed by atoms with Gasteiger partial charge >= 0.3 is 11.3 Å². The summed E-state index contributed by atoms with van der Waals surface area (Å²) in [7, 11) is 1.58. The van der Waals surface area contributed by atoms with Crippen molar-refractivity contribution in [3.8, 4) is 17.2 Å². The van der Waals surface area contributed by atoms with Crippen molar-refractivity contribution in [3.05, 3.63) is 135 Å². The van der Waals surface area contributed by atoms with Crippen molar-refractivity contribution in [3.63, 3.8) is 0 Å². The van der Waals surface area contributed by atoms with Gasteiger partial charge in [0.15, 0.2) is 5.11 Å². The van der Waals surface area contributed by atoms with Gasteiger partial charge < -0.3 is 34.4 Å². The first-order valence-corrected chi connectivity index (χ1v) is 13.6. The number of aromatic hydroxyl groups is 2. The molecule has 0 spiro atoms. The van der Waals surface area contributed by atoms with Crippen LogP contribution >= 0.6 is 12.2 Å². The molecule has 0 atom stereocenters. The SMILES string of the molecule is COc1cccc(NC(=S)Nc2ccc(C(c3c(O)c4ccccc4oc3=O)c3c(O)c4ccccc4oc3=O)cc2)c1. The van der Waals surface area contributed by atoms with Gasteiger partial charge in [-0.05, 0) is 66.3 Å². The maximum atomic E-state index is 13.4. The minimum atomic E-state index is -1.24. The number of para-hydroxylation sites is 2. The van der Waals surface area contributed by atoms with E-state index in [4.69, 9.17) is 25.8 Å². The van der Waals surface area contributed by atoms with Crippen molar-refractivity contribution in [2.45, 2.75) is 5.92 Å². The number of hydrogen-bond donors (Lipinski definition) is 4. The second-order valence-electron chi connectivity index (χ2n) is 9.66. The Kier molecular flexibility index (Phi) is 7.27. The van der Waals surface area contributed by atoms with Crippen LogP contribution in [0.2, 0.25) is 0 Å². The van der Waals surface area contributed by atoms with Crippen LogP contribution in [-0.4, -0.2) is 22.4 Å². The Bertz CT molecular complexity index is 2020. The van der Waals surface area contributed by atoms with Gasteiger partial charge in [0.25, 0.3) is 0 Å². The van der Waals surface area contributed by atoms with Gasteiger partial charge in [-0.15, -0.1) is 0 Å². The third-order valence-electron chi connectivity index (χ3n) is 7.05. The molecule has 43 heavy (non-hydrogen) atoms. The van der Waals surface area contributed by atoms with E-state index in [-0.39, 0.29) is 44.6 Å². The van der Waals surface area contributed by atoms with Crippen molar-refractivity contribution < 1.29 is 23.8 Å². The number of rotatable bonds is 6. The molecule has 6 rings (SSSR count).